The number of amides is 1. The van der Waals surface area contributed by atoms with Gasteiger partial charge in [0.05, 0.1) is 12.2 Å². The number of anilines is 1. The largest absolute Gasteiger partial charge is 0.449 e. The minimum atomic E-state index is -0.926. The molecule has 2 aromatic carbocycles. The highest BCUT2D eigenvalue weighted by molar-refractivity contribution is 5.98. The predicted octanol–water partition coefficient (Wildman–Crippen LogP) is 3.29. The maximum Gasteiger partial charge on any atom is 0.338 e. The number of nitrogens with one attached hydrogen (secondary N) is 1. The molecular weight excluding hydrogens is 318 g/mol. The molecule has 0 aliphatic rings. The second-order valence-corrected chi connectivity index (χ2v) is 6.17. The molecule has 5 nitrogen and oxygen atoms in total. The summed E-state index contributed by atoms with van der Waals surface area (Å²) in [5.41, 5.74) is 4.82. The average molecular weight is 341 g/mol. The molecule has 0 saturated carbocycles. The Hall–Kier alpha value is -2.66. The molecule has 132 valence electrons. The molecule has 25 heavy (non-hydrogen) atoms. The van der Waals surface area contributed by atoms with Crippen molar-refractivity contribution in [1.29, 1.82) is 0 Å². The van der Waals surface area contributed by atoms with Crippen LogP contribution in [0, 0.1) is 20.8 Å². The van der Waals surface area contributed by atoms with E-state index in [0.29, 0.717) is 11.1 Å². The van der Waals surface area contributed by atoms with Crippen molar-refractivity contribution >= 4 is 17.6 Å². The summed E-state index contributed by atoms with van der Waals surface area (Å²) in [6, 6.07) is 10.4. The van der Waals surface area contributed by atoms with Crippen LogP contribution in [0.1, 0.15) is 39.5 Å². The lowest BCUT2D eigenvalue weighted by molar-refractivity contribution is -0.123. The Morgan fingerprint density at radius 3 is 2.16 bits per heavy atom. The van der Waals surface area contributed by atoms with Gasteiger partial charge in [0.1, 0.15) is 0 Å². The maximum absolute atomic E-state index is 12.3. The Bertz CT molecular complexity index is 758. The van der Waals surface area contributed by atoms with Crippen LogP contribution in [0.5, 0.6) is 0 Å². The zero-order valence-corrected chi connectivity index (χ0v) is 14.9. The quantitative estimate of drug-likeness (QED) is 0.818. The number of aryl methyl sites for hydroxylation is 3. The van der Waals surface area contributed by atoms with E-state index < -0.39 is 12.1 Å². The lowest BCUT2D eigenvalue weighted by Gasteiger charge is -2.17. The molecule has 0 saturated heterocycles. The van der Waals surface area contributed by atoms with E-state index in [1.807, 2.05) is 32.9 Å². The number of hydrogen-bond donors (Lipinski definition) is 2. The van der Waals surface area contributed by atoms with Crippen LogP contribution in [0.4, 0.5) is 5.69 Å². The number of esters is 1. The molecule has 0 fully saturated rings. The fraction of sp³-hybridized carbons (Fsp3) is 0.300. The summed E-state index contributed by atoms with van der Waals surface area (Å²) in [7, 11) is 0. The number of aliphatic hydroxyl groups excluding tert-OH is 1. The van der Waals surface area contributed by atoms with Crippen LogP contribution in [-0.4, -0.2) is 23.1 Å². The standard InChI is InChI=1S/C20H23NO4/c1-12-9-13(2)18(14(3)10-12)21-19(23)15(4)25-20(24)17-7-5-16(11-22)6-8-17/h5-10,15,22H,11H2,1-4H3,(H,21,23)/t15-/m1/s1. The van der Waals surface area contributed by atoms with Crippen molar-refractivity contribution in [2.45, 2.75) is 40.4 Å². The first kappa shape index (κ1) is 18.7. The van der Waals surface area contributed by atoms with Gasteiger partial charge >= 0.3 is 5.97 Å². The predicted molar refractivity (Wildman–Crippen MR) is 96.5 cm³/mol. The summed E-state index contributed by atoms with van der Waals surface area (Å²) < 4.78 is 5.23. The molecule has 0 spiro atoms. The Morgan fingerprint density at radius 1 is 1.08 bits per heavy atom. The van der Waals surface area contributed by atoms with Gasteiger partial charge in [-0.1, -0.05) is 29.8 Å². The van der Waals surface area contributed by atoms with E-state index >= 15 is 0 Å². The van der Waals surface area contributed by atoms with Gasteiger partial charge in [-0.3, -0.25) is 4.79 Å². The molecule has 2 N–H and O–H groups in total. The molecule has 0 aliphatic carbocycles. The van der Waals surface area contributed by atoms with Crippen molar-refractivity contribution in [3.63, 3.8) is 0 Å². The van der Waals surface area contributed by atoms with E-state index in [1.165, 1.54) is 6.92 Å². The summed E-state index contributed by atoms with van der Waals surface area (Å²) in [6.45, 7) is 7.29. The van der Waals surface area contributed by atoms with E-state index in [1.54, 1.807) is 24.3 Å². The number of carbonyl (C=O) groups excluding carboxylic acids is 2. The van der Waals surface area contributed by atoms with E-state index in [0.717, 1.165) is 22.4 Å². The van der Waals surface area contributed by atoms with Gasteiger partial charge in [0.25, 0.3) is 5.91 Å². The molecule has 0 radical (unpaired) electrons. The highest BCUT2D eigenvalue weighted by Crippen LogP contribution is 2.22. The third-order valence-electron chi connectivity index (χ3n) is 3.95. The minimum absolute atomic E-state index is 0.0939. The smallest absolute Gasteiger partial charge is 0.338 e. The fourth-order valence-corrected chi connectivity index (χ4v) is 2.63. The summed E-state index contributed by atoms with van der Waals surface area (Å²) >= 11 is 0. The molecule has 1 amide bonds. The highest BCUT2D eigenvalue weighted by atomic mass is 16.5. The Balaban J connectivity index is 2.03. The summed E-state index contributed by atoms with van der Waals surface area (Å²) in [6.07, 6.45) is -0.926. The Morgan fingerprint density at radius 2 is 1.64 bits per heavy atom. The second kappa shape index (κ2) is 7.94. The van der Waals surface area contributed by atoms with Gasteiger partial charge < -0.3 is 15.2 Å². The molecule has 2 aromatic rings. The first-order valence-corrected chi connectivity index (χ1v) is 8.11. The zero-order valence-electron chi connectivity index (χ0n) is 14.9. The summed E-state index contributed by atoms with van der Waals surface area (Å²) in [5, 5.41) is 11.8. The van der Waals surface area contributed by atoms with Gasteiger partial charge in [0, 0.05) is 5.69 Å². The summed E-state index contributed by atoms with van der Waals surface area (Å²) in [4.78, 5) is 24.5. The molecule has 0 bridgehead atoms. The maximum atomic E-state index is 12.3. The normalized spacial score (nSPS) is 11.7. The van der Waals surface area contributed by atoms with Gasteiger partial charge in [-0.2, -0.15) is 0 Å². The number of hydrogen-bond acceptors (Lipinski definition) is 4. The van der Waals surface area contributed by atoms with Crippen LogP contribution in [0.25, 0.3) is 0 Å². The zero-order chi connectivity index (χ0) is 18.6. The number of aliphatic hydroxyl groups is 1. The van der Waals surface area contributed by atoms with E-state index in [-0.39, 0.29) is 12.5 Å². The van der Waals surface area contributed by atoms with Crippen molar-refractivity contribution < 1.29 is 19.4 Å². The van der Waals surface area contributed by atoms with Crippen LogP contribution in [0.15, 0.2) is 36.4 Å². The lowest BCUT2D eigenvalue weighted by Crippen LogP contribution is -2.30. The van der Waals surface area contributed by atoms with Crippen LogP contribution in [0.3, 0.4) is 0 Å². The van der Waals surface area contributed by atoms with E-state index in [4.69, 9.17) is 9.84 Å². The monoisotopic (exact) mass is 341 g/mol. The summed E-state index contributed by atoms with van der Waals surface area (Å²) in [5.74, 6) is -0.958. The van der Waals surface area contributed by atoms with Gasteiger partial charge in [-0.25, -0.2) is 4.79 Å². The molecule has 1 atom stereocenters. The minimum Gasteiger partial charge on any atom is -0.449 e. The first-order valence-electron chi connectivity index (χ1n) is 8.11. The molecule has 5 heteroatoms. The molecule has 0 aliphatic heterocycles. The van der Waals surface area contributed by atoms with Gasteiger partial charge in [-0.15, -0.1) is 0 Å². The number of ether oxygens (including phenoxy) is 1. The van der Waals surface area contributed by atoms with Gasteiger partial charge in [-0.05, 0) is 56.5 Å². The number of rotatable bonds is 5. The van der Waals surface area contributed by atoms with Crippen molar-refractivity contribution in [2.24, 2.45) is 0 Å². The van der Waals surface area contributed by atoms with Crippen molar-refractivity contribution in [3.8, 4) is 0 Å². The lowest BCUT2D eigenvalue weighted by atomic mass is 10.0. The molecular formula is C20H23NO4. The molecule has 0 aromatic heterocycles. The third-order valence-corrected chi connectivity index (χ3v) is 3.95. The van der Waals surface area contributed by atoms with Crippen molar-refractivity contribution in [3.05, 3.63) is 64.2 Å². The fourth-order valence-electron chi connectivity index (χ4n) is 2.63. The van der Waals surface area contributed by atoms with Crippen LogP contribution >= 0.6 is 0 Å². The topological polar surface area (TPSA) is 75.6 Å². The third kappa shape index (κ3) is 4.67. The Labute approximate surface area is 147 Å². The van der Waals surface area contributed by atoms with Crippen molar-refractivity contribution in [2.75, 3.05) is 5.32 Å². The molecule has 0 unspecified atom stereocenters. The number of carbonyl (C=O) groups is 2. The second-order valence-electron chi connectivity index (χ2n) is 6.17. The van der Waals surface area contributed by atoms with Crippen LogP contribution in [-0.2, 0) is 16.1 Å². The molecule has 0 heterocycles. The molecule has 2 rings (SSSR count). The van der Waals surface area contributed by atoms with E-state index in [9.17, 15) is 9.59 Å². The first-order chi connectivity index (χ1) is 11.8. The van der Waals surface area contributed by atoms with Crippen molar-refractivity contribution in [1.82, 2.24) is 0 Å². The average Bonchev–Trinajstić information content (AvgIpc) is 2.57. The SMILES string of the molecule is Cc1cc(C)c(NC(=O)[C@@H](C)OC(=O)c2ccc(CO)cc2)c(C)c1. The Kier molecular flexibility index (Phi) is 5.93. The van der Waals surface area contributed by atoms with Crippen LogP contribution in [0.2, 0.25) is 0 Å². The number of benzene rings is 2. The van der Waals surface area contributed by atoms with Gasteiger partial charge in [0.2, 0.25) is 0 Å². The van der Waals surface area contributed by atoms with Crippen LogP contribution < -0.4 is 5.32 Å². The van der Waals surface area contributed by atoms with E-state index in [2.05, 4.69) is 5.32 Å². The van der Waals surface area contributed by atoms with Gasteiger partial charge in [0.15, 0.2) is 6.10 Å². The highest BCUT2D eigenvalue weighted by Gasteiger charge is 2.20.